The number of unbranched alkanes of at least 4 members (excludes halogenated alkanes) is 26. The van der Waals surface area contributed by atoms with Gasteiger partial charge in [0.1, 0.15) is 19.8 Å². The summed E-state index contributed by atoms with van der Waals surface area (Å²) in [7, 11) is 1.16. The van der Waals surface area contributed by atoms with Crippen molar-refractivity contribution in [2.45, 2.75) is 219 Å². The van der Waals surface area contributed by atoms with E-state index in [1.165, 1.54) is 141 Å². The SMILES string of the molecule is CCCCCCCCCCC/C=C/CCCCC(=O)O[C@H](COC(=O)CCCCCCCCCCCCCCCCCC)COP(=O)([O-])OCC[N+](C)(C)C. The molecule has 0 saturated heterocycles. The summed E-state index contributed by atoms with van der Waals surface area (Å²) in [5.41, 5.74) is 0. The second-order valence-electron chi connectivity index (χ2n) is 16.8. The third-order valence-corrected chi connectivity index (χ3v) is 11.0. The van der Waals surface area contributed by atoms with Crippen molar-refractivity contribution in [3.63, 3.8) is 0 Å². The molecule has 0 aliphatic heterocycles. The molecule has 0 spiro atoms. The minimum Gasteiger partial charge on any atom is -0.756 e. The van der Waals surface area contributed by atoms with Crippen molar-refractivity contribution >= 4 is 19.8 Å². The van der Waals surface area contributed by atoms with Gasteiger partial charge in [-0.1, -0.05) is 174 Å². The zero-order valence-corrected chi connectivity index (χ0v) is 37.5. The van der Waals surface area contributed by atoms with Crippen molar-refractivity contribution in [3.05, 3.63) is 12.2 Å². The van der Waals surface area contributed by atoms with Crippen molar-refractivity contribution in [2.24, 2.45) is 0 Å². The second kappa shape index (κ2) is 38.3. The minimum atomic E-state index is -4.62. The Morgan fingerprint density at radius 1 is 0.545 bits per heavy atom. The van der Waals surface area contributed by atoms with Crippen LogP contribution in [-0.4, -0.2) is 70.0 Å². The molecule has 0 aromatic carbocycles. The predicted molar refractivity (Wildman–Crippen MR) is 227 cm³/mol. The van der Waals surface area contributed by atoms with E-state index in [4.69, 9.17) is 18.5 Å². The van der Waals surface area contributed by atoms with Gasteiger partial charge in [-0.3, -0.25) is 14.2 Å². The number of quaternary nitrogens is 1. The van der Waals surface area contributed by atoms with Gasteiger partial charge in [0.25, 0.3) is 7.82 Å². The Morgan fingerprint density at radius 2 is 0.927 bits per heavy atom. The molecule has 0 rings (SSSR count). The van der Waals surface area contributed by atoms with Crippen LogP contribution in [0, 0.1) is 0 Å². The van der Waals surface area contributed by atoms with Crippen molar-refractivity contribution in [2.75, 3.05) is 47.5 Å². The van der Waals surface area contributed by atoms with Crippen LogP contribution >= 0.6 is 7.82 Å². The first kappa shape index (κ1) is 53.8. The monoisotopic (exact) mass is 802 g/mol. The number of allylic oxidation sites excluding steroid dienone is 2. The van der Waals surface area contributed by atoms with Crippen molar-refractivity contribution < 1.29 is 42.1 Å². The fraction of sp³-hybridized carbons (Fsp3) is 0.911. The maximum Gasteiger partial charge on any atom is 0.306 e. The molecule has 0 N–H and O–H groups in total. The maximum absolute atomic E-state index is 12.7. The molecule has 1 unspecified atom stereocenters. The molecule has 326 valence electrons. The third-order valence-electron chi connectivity index (χ3n) is 10.0. The molecule has 0 fully saturated rings. The van der Waals surface area contributed by atoms with Crippen LogP contribution in [0.1, 0.15) is 213 Å². The number of esters is 2. The molecular formula is C45H88NO8P. The number of phosphoric ester groups is 1. The first-order valence-electron chi connectivity index (χ1n) is 22.9. The molecule has 0 radical (unpaired) electrons. The number of carbonyl (C=O) groups is 2. The average Bonchev–Trinajstić information content (AvgIpc) is 3.13. The van der Waals surface area contributed by atoms with E-state index in [0.717, 1.165) is 38.5 Å². The highest BCUT2D eigenvalue weighted by Gasteiger charge is 2.21. The van der Waals surface area contributed by atoms with Gasteiger partial charge in [0.15, 0.2) is 6.10 Å². The molecule has 0 amide bonds. The van der Waals surface area contributed by atoms with Crippen molar-refractivity contribution in [3.8, 4) is 0 Å². The lowest BCUT2D eigenvalue weighted by Gasteiger charge is -2.28. The fourth-order valence-corrected chi connectivity index (χ4v) is 7.14. The van der Waals surface area contributed by atoms with Gasteiger partial charge >= 0.3 is 11.9 Å². The van der Waals surface area contributed by atoms with E-state index in [-0.39, 0.29) is 32.0 Å². The lowest BCUT2D eigenvalue weighted by molar-refractivity contribution is -0.870. The number of hydrogen-bond acceptors (Lipinski definition) is 8. The number of rotatable bonds is 42. The van der Waals surface area contributed by atoms with Crippen molar-refractivity contribution in [1.82, 2.24) is 0 Å². The van der Waals surface area contributed by atoms with Gasteiger partial charge in [-0.2, -0.15) is 0 Å². The van der Waals surface area contributed by atoms with Gasteiger partial charge in [-0.05, 0) is 38.5 Å². The molecule has 0 aromatic rings. The molecule has 9 nitrogen and oxygen atoms in total. The van der Waals surface area contributed by atoms with Crippen LogP contribution in [0.4, 0.5) is 0 Å². The quantitative estimate of drug-likeness (QED) is 0.0197. The molecular weight excluding hydrogens is 713 g/mol. The molecule has 0 saturated carbocycles. The van der Waals surface area contributed by atoms with Crippen LogP contribution in [-0.2, 0) is 32.7 Å². The summed E-state index contributed by atoms with van der Waals surface area (Å²) in [6.07, 6.45) is 39.5. The number of nitrogens with zero attached hydrogens (tertiary/aromatic N) is 1. The zero-order chi connectivity index (χ0) is 40.7. The molecule has 0 aromatic heterocycles. The third kappa shape index (κ3) is 42.2. The lowest BCUT2D eigenvalue weighted by atomic mass is 10.0. The van der Waals surface area contributed by atoms with Gasteiger partial charge in [-0.15, -0.1) is 0 Å². The summed E-state index contributed by atoms with van der Waals surface area (Å²) in [6.45, 7) is 4.23. The van der Waals surface area contributed by atoms with E-state index in [1.54, 1.807) is 0 Å². The fourth-order valence-electron chi connectivity index (χ4n) is 6.41. The van der Waals surface area contributed by atoms with Crippen LogP contribution in [0.2, 0.25) is 0 Å². The normalized spacial score (nSPS) is 13.6. The van der Waals surface area contributed by atoms with Crippen LogP contribution in [0.5, 0.6) is 0 Å². The largest absolute Gasteiger partial charge is 0.756 e. The van der Waals surface area contributed by atoms with Gasteiger partial charge in [0.2, 0.25) is 0 Å². The highest BCUT2D eigenvalue weighted by atomic mass is 31.2. The molecule has 2 atom stereocenters. The first-order valence-corrected chi connectivity index (χ1v) is 24.4. The zero-order valence-electron chi connectivity index (χ0n) is 36.6. The van der Waals surface area contributed by atoms with E-state index >= 15 is 0 Å². The lowest BCUT2D eigenvalue weighted by Crippen LogP contribution is -2.37. The average molecular weight is 802 g/mol. The number of ether oxygens (including phenoxy) is 2. The molecule has 0 aliphatic carbocycles. The summed E-state index contributed by atoms with van der Waals surface area (Å²) < 4.78 is 33.9. The summed E-state index contributed by atoms with van der Waals surface area (Å²) in [5.74, 6) is -0.849. The van der Waals surface area contributed by atoms with E-state index in [0.29, 0.717) is 17.4 Å². The van der Waals surface area contributed by atoms with Gasteiger partial charge in [-0.25, -0.2) is 0 Å². The van der Waals surface area contributed by atoms with E-state index in [2.05, 4.69) is 26.0 Å². The standard InChI is InChI=1S/C45H88NO8P/c1-6-8-10-12-14-16-18-20-22-24-25-27-29-31-33-35-37-44(47)51-41-43(42-53-55(49,50)52-40-39-46(3,4)5)54-45(48)38-36-34-32-30-28-26-23-21-19-17-15-13-11-9-7-2/h28,30,43H,6-27,29,31-42H2,1-5H3/b30-28+/t43-/m1/s1. The highest BCUT2D eigenvalue weighted by molar-refractivity contribution is 7.45. The van der Waals surface area contributed by atoms with E-state index in [1.807, 2.05) is 21.1 Å². The van der Waals surface area contributed by atoms with Gasteiger partial charge < -0.3 is 27.9 Å². The summed E-state index contributed by atoms with van der Waals surface area (Å²) in [4.78, 5) is 37.5. The minimum absolute atomic E-state index is 0.0311. The van der Waals surface area contributed by atoms with E-state index in [9.17, 15) is 19.0 Å². The maximum atomic E-state index is 12.7. The Bertz CT molecular complexity index is 954. The predicted octanol–water partition coefficient (Wildman–Crippen LogP) is 12.3. The van der Waals surface area contributed by atoms with Gasteiger partial charge in [0.05, 0.1) is 27.7 Å². The molecule has 0 heterocycles. The Hall–Kier alpha value is -1.25. The van der Waals surface area contributed by atoms with Crippen LogP contribution < -0.4 is 4.89 Å². The molecule has 10 heteroatoms. The second-order valence-corrected chi connectivity index (χ2v) is 18.2. The summed E-state index contributed by atoms with van der Waals surface area (Å²) in [6, 6.07) is 0. The number of hydrogen-bond donors (Lipinski definition) is 0. The topological polar surface area (TPSA) is 111 Å². The Balaban J connectivity index is 4.33. The smallest absolute Gasteiger partial charge is 0.306 e. The number of carbonyl (C=O) groups excluding carboxylic acids is 2. The Kier molecular flexibility index (Phi) is 37.4. The molecule has 55 heavy (non-hydrogen) atoms. The molecule has 0 bridgehead atoms. The van der Waals surface area contributed by atoms with Crippen LogP contribution in [0.25, 0.3) is 0 Å². The summed E-state index contributed by atoms with van der Waals surface area (Å²) >= 11 is 0. The number of likely N-dealkylation sites (N-methyl/N-ethyl adjacent to an activating group) is 1. The first-order chi connectivity index (χ1) is 26.5. The van der Waals surface area contributed by atoms with Crippen LogP contribution in [0.15, 0.2) is 12.2 Å². The van der Waals surface area contributed by atoms with Crippen LogP contribution in [0.3, 0.4) is 0 Å². The summed E-state index contributed by atoms with van der Waals surface area (Å²) in [5, 5.41) is 0. The molecule has 0 aliphatic rings. The highest BCUT2D eigenvalue weighted by Crippen LogP contribution is 2.38. The number of phosphoric acid groups is 1. The van der Waals surface area contributed by atoms with E-state index < -0.39 is 26.5 Å². The Labute approximate surface area is 339 Å². The Morgan fingerprint density at radius 3 is 1.38 bits per heavy atom. The van der Waals surface area contributed by atoms with Gasteiger partial charge in [0, 0.05) is 12.8 Å². The van der Waals surface area contributed by atoms with Crippen molar-refractivity contribution in [1.29, 1.82) is 0 Å².